The zero-order valence-corrected chi connectivity index (χ0v) is 27.0. The molecular weight excluding hydrogens is 617 g/mol. The van der Waals surface area contributed by atoms with Gasteiger partial charge in [-0.05, 0) is 66.4 Å². The van der Waals surface area contributed by atoms with E-state index in [9.17, 15) is 26.4 Å². The summed E-state index contributed by atoms with van der Waals surface area (Å²) in [5.74, 6) is -0.0527. The molecule has 0 aromatic carbocycles. The van der Waals surface area contributed by atoms with E-state index in [2.05, 4.69) is 20.2 Å². The highest BCUT2D eigenvalue weighted by molar-refractivity contribution is 7.89. The number of nitrogens with zero attached hydrogens (tertiary/aromatic N) is 6. The zero-order chi connectivity index (χ0) is 31.8. The van der Waals surface area contributed by atoms with Crippen molar-refractivity contribution < 1.29 is 26.4 Å². The van der Waals surface area contributed by atoms with Gasteiger partial charge in [0.1, 0.15) is 16.6 Å². The number of carbonyl (C=O) groups excluding carboxylic acids is 1. The highest BCUT2D eigenvalue weighted by atomic mass is 32.2. The third kappa shape index (κ3) is 5.93. The molecule has 3 aliphatic rings. The van der Waals surface area contributed by atoms with Crippen molar-refractivity contribution in [3.05, 3.63) is 23.0 Å². The van der Waals surface area contributed by atoms with E-state index in [4.69, 9.17) is 4.98 Å². The van der Waals surface area contributed by atoms with Gasteiger partial charge in [0, 0.05) is 49.4 Å². The minimum absolute atomic E-state index is 0.0102. The standard InChI is InChI=1S/C28H37F3N8O3S2/c1-6-37(7-2)24(40)18-14-38(15-26(3,4)33-18)19-12-17(44(41,42)36-27(5)10-11-27)13-39-21(20(16-8-9-16)32-22(19)39)23-34-35-25(43-23)28(29,30)31/h12-13,16,18,33,36H,6-11,14-15H2,1-5H3/t18-/m1/s1. The predicted octanol–water partition coefficient (Wildman–Crippen LogP) is 4.01. The predicted molar refractivity (Wildman–Crippen MR) is 160 cm³/mol. The number of hydrogen-bond donors (Lipinski definition) is 2. The molecule has 3 aromatic heterocycles. The van der Waals surface area contributed by atoms with Crippen LogP contribution in [0.5, 0.6) is 0 Å². The number of piperazine rings is 1. The second kappa shape index (κ2) is 10.6. The zero-order valence-electron chi connectivity index (χ0n) is 25.3. The lowest BCUT2D eigenvalue weighted by Crippen LogP contribution is -2.66. The quantitative estimate of drug-likeness (QED) is 0.355. The summed E-state index contributed by atoms with van der Waals surface area (Å²) in [4.78, 5) is 22.1. The maximum absolute atomic E-state index is 13.8. The molecule has 2 N–H and O–H groups in total. The number of aromatic nitrogens is 4. The summed E-state index contributed by atoms with van der Waals surface area (Å²) in [6.07, 6.45) is -0.224. The summed E-state index contributed by atoms with van der Waals surface area (Å²) in [6.45, 7) is 11.4. The number of carbonyl (C=O) groups is 1. The SMILES string of the molecule is CCN(CC)C(=O)[C@H]1CN(c2cc(S(=O)(=O)NC3(C)CC3)cn3c(-c4nnc(C(F)(F)F)s4)c(C4CC4)nc23)CC(C)(C)N1. The van der Waals surface area contributed by atoms with Gasteiger partial charge < -0.3 is 9.80 Å². The maximum Gasteiger partial charge on any atom is 0.445 e. The first-order valence-corrected chi connectivity index (χ1v) is 17.2. The van der Waals surface area contributed by atoms with E-state index < -0.39 is 38.3 Å². The molecule has 44 heavy (non-hydrogen) atoms. The van der Waals surface area contributed by atoms with E-state index in [0.717, 1.165) is 12.8 Å². The Labute approximate surface area is 258 Å². The molecule has 3 aromatic rings. The number of amides is 1. The monoisotopic (exact) mass is 654 g/mol. The lowest BCUT2D eigenvalue weighted by atomic mass is 9.97. The van der Waals surface area contributed by atoms with E-state index >= 15 is 0 Å². The molecule has 0 bridgehead atoms. The number of alkyl halides is 3. The molecule has 6 rings (SSSR count). The minimum atomic E-state index is -4.67. The molecule has 16 heteroatoms. The summed E-state index contributed by atoms with van der Waals surface area (Å²) in [5.41, 5.74) is 0.676. The van der Waals surface area contributed by atoms with E-state index in [0.29, 0.717) is 66.5 Å². The lowest BCUT2D eigenvalue weighted by molar-refractivity contribution is -0.138. The maximum atomic E-state index is 13.8. The van der Waals surface area contributed by atoms with Crippen LogP contribution in [0.25, 0.3) is 16.3 Å². The number of nitrogens with one attached hydrogen (secondary N) is 2. The van der Waals surface area contributed by atoms with Crippen LogP contribution in [0, 0.1) is 0 Å². The van der Waals surface area contributed by atoms with Gasteiger partial charge in [0.05, 0.1) is 11.4 Å². The number of sulfonamides is 1. The van der Waals surface area contributed by atoms with Crippen molar-refractivity contribution in [1.82, 2.24) is 34.5 Å². The van der Waals surface area contributed by atoms with Crippen LogP contribution in [-0.4, -0.2) is 82.1 Å². The van der Waals surface area contributed by atoms with Crippen LogP contribution < -0.4 is 14.9 Å². The summed E-state index contributed by atoms with van der Waals surface area (Å²) < 4.78 is 72.5. The van der Waals surface area contributed by atoms with Gasteiger partial charge in [-0.2, -0.15) is 13.2 Å². The van der Waals surface area contributed by atoms with E-state index in [-0.39, 0.29) is 28.3 Å². The first-order valence-electron chi connectivity index (χ1n) is 14.9. The Hall–Kier alpha value is -2.82. The number of pyridine rings is 1. The Bertz CT molecular complexity index is 1710. The number of anilines is 1. The Morgan fingerprint density at radius 2 is 1.86 bits per heavy atom. The lowest BCUT2D eigenvalue weighted by Gasteiger charge is -2.45. The Morgan fingerprint density at radius 1 is 1.18 bits per heavy atom. The number of rotatable bonds is 9. The molecular formula is C28H37F3N8O3S2. The average Bonchev–Trinajstić information content (AvgIpc) is 3.81. The second-order valence-electron chi connectivity index (χ2n) is 12.9. The molecule has 0 spiro atoms. The molecule has 1 amide bonds. The number of likely N-dealkylation sites (N-methyl/N-ethyl adjacent to an activating group) is 1. The van der Waals surface area contributed by atoms with Crippen molar-refractivity contribution in [2.45, 2.75) is 94.4 Å². The van der Waals surface area contributed by atoms with Gasteiger partial charge in [0.25, 0.3) is 0 Å². The van der Waals surface area contributed by atoms with Crippen molar-refractivity contribution in [3.8, 4) is 10.7 Å². The van der Waals surface area contributed by atoms with Gasteiger partial charge in [-0.1, -0.05) is 11.3 Å². The third-order valence-corrected chi connectivity index (χ3v) is 11.1. The highest BCUT2D eigenvalue weighted by Gasteiger charge is 2.43. The fraction of sp³-hybridized carbons (Fsp3) is 0.643. The fourth-order valence-corrected chi connectivity index (χ4v) is 8.11. The van der Waals surface area contributed by atoms with Crippen molar-refractivity contribution in [3.63, 3.8) is 0 Å². The average molecular weight is 655 g/mol. The van der Waals surface area contributed by atoms with Crippen LogP contribution in [0.2, 0.25) is 0 Å². The van der Waals surface area contributed by atoms with Crippen molar-refractivity contribution in [2.24, 2.45) is 0 Å². The minimum Gasteiger partial charge on any atom is -0.365 e. The molecule has 3 fully saturated rings. The van der Waals surface area contributed by atoms with Gasteiger partial charge in [-0.3, -0.25) is 14.5 Å². The number of hydrogen-bond acceptors (Lipinski definition) is 9. The van der Waals surface area contributed by atoms with Crippen LogP contribution in [-0.2, 0) is 21.0 Å². The van der Waals surface area contributed by atoms with Gasteiger partial charge in [0.15, 0.2) is 10.7 Å². The number of fused-ring (bicyclic) bond motifs is 1. The normalized spacial score (nSPS) is 21.5. The molecule has 4 heterocycles. The number of halogens is 3. The number of imidazole rings is 1. The van der Waals surface area contributed by atoms with Crippen molar-refractivity contribution in [1.29, 1.82) is 0 Å². The Kier molecular flexibility index (Phi) is 7.53. The Morgan fingerprint density at radius 3 is 2.43 bits per heavy atom. The largest absolute Gasteiger partial charge is 0.445 e. The summed E-state index contributed by atoms with van der Waals surface area (Å²) >= 11 is 0.412. The van der Waals surface area contributed by atoms with E-state index in [1.54, 1.807) is 15.4 Å². The topological polar surface area (TPSA) is 125 Å². The van der Waals surface area contributed by atoms with Crippen molar-refractivity contribution >= 4 is 38.6 Å². The molecule has 11 nitrogen and oxygen atoms in total. The molecule has 1 saturated heterocycles. The van der Waals surface area contributed by atoms with Crippen LogP contribution in [0.15, 0.2) is 17.2 Å². The Balaban J connectivity index is 1.55. The second-order valence-corrected chi connectivity index (χ2v) is 15.6. The van der Waals surface area contributed by atoms with E-state index in [1.807, 2.05) is 39.5 Å². The van der Waals surface area contributed by atoms with Crippen LogP contribution in [0.3, 0.4) is 0 Å². The molecule has 2 aliphatic carbocycles. The molecule has 0 radical (unpaired) electrons. The molecule has 240 valence electrons. The molecule has 0 unspecified atom stereocenters. The fourth-order valence-electron chi connectivity index (χ4n) is 5.86. The van der Waals surface area contributed by atoms with Gasteiger partial charge in [-0.15, -0.1) is 10.2 Å². The summed E-state index contributed by atoms with van der Waals surface area (Å²) in [5, 5.41) is 9.68. The van der Waals surface area contributed by atoms with Crippen LogP contribution in [0.4, 0.5) is 18.9 Å². The first-order chi connectivity index (χ1) is 20.5. The van der Waals surface area contributed by atoms with Gasteiger partial charge in [-0.25, -0.2) is 18.1 Å². The van der Waals surface area contributed by atoms with Gasteiger partial charge >= 0.3 is 6.18 Å². The third-order valence-electron chi connectivity index (χ3n) is 8.50. The first kappa shape index (κ1) is 31.2. The smallest absolute Gasteiger partial charge is 0.365 e. The van der Waals surface area contributed by atoms with Crippen LogP contribution >= 0.6 is 11.3 Å². The van der Waals surface area contributed by atoms with Crippen LogP contribution in [0.1, 0.15) is 76.9 Å². The summed E-state index contributed by atoms with van der Waals surface area (Å²) in [6, 6.07) is 0.996. The highest BCUT2D eigenvalue weighted by Crippen LogP contribution is 2.47. The molecule has 1 aliphatic heterocycles. The van der Waals surface area contributed by atoms with Gasteiger partial charge in [0.2, 0.25) is 20.9 Å². The molecule has 1 atom stereocenters. The molecule has 2 saturated carbocycles. The summed E-state index contributed by atoms with van der Waals surface area (Å²) in [7, 11) is -4.03. The van der Waals surface area contributed by atoms with Crippen molar-refractivity contribution in [2.75, 3.05) is 31.1 Å². The van der Waals surface area contributed by atoms with E-state index in [1.165, 1.54) is 6.20 Å².